The van der Waals surface area contributed by atoms with Gasteiger partial charge < -0.3 is 23.4 Å². The van der Waals surface area contributed by atoms with Crippen molar-refractivity contribution in [3.8, 4) is 6.07 Å². The molecule has 2 atom stereocenters. The van der Waals surface area contributed by atoms with Crippen LogP contribution in [-0.4, -0.2) is 59.1 Å². The van der Waals surface area contributed by atoms with Crippen molar-refractivity contribution >= 4 is 16.6 Å². The standard InChI is InChI=1S/C24H49NO5Si2/c1-12-24(17-25,30-20-15-13-14-16-27-20)23(26,18-28-31(8,9)21(2,3)4)19-29-32(10,11)22(5,6)7/h20,26H,12-16,18-19H2,1-11H3. The van der Waals surface area contributed by atoms with E-state index in [-0.39, 0.29) is 23.3 Å². The third-order valence-corrected chi connectivity index (χ3v) is 16.8. The van der Waals surface area contributed by atoms with Crippen LogP contribution in [0.5, 0.6) is 0 Å². The SMILES string of the molecule is CCC(C#N)(OC1CCCCO1)C(O)(CO[Si](C)(C)C(C)(C)C)CO[Si](C)(C)C(C)(C)C. The molecule has 6 nitrogen and oxygen atoms in total. The highest BCUT2D eigenvalue weighted by Crippen LogP contribution is 2.42. The Balaban J connectivity index is 3.32. The van der Waals surface area contributed by atoms with Gasteiger partial charge in [0.25, 0.3) is 0 Å². The van der Waals surface area contributed by atoms with E-state index < -0.39 is 34.1 Å². The fourth-order valence-electron chi connectivity index (χ4n) is 3.07. The van der Waals surface area contributed by atoms with Crippen LogP contribution in [0, 0.1) is 11.3 Å². The summed E-state index contributed by atoms with van der Waals surface area (Å²) in [6.07, 6.45) is 2.48. The summed E-state index contributed by atoms with van der Waals surface area (Å²) in [5, 5.41) is 22.4. The molecule has 0 aromatic heterocycles. The van der Waals surface area contributed by atoms with Crippen LogP contribution in [0.25, 0.3) is 0 Å². The molecule has 0 bridgehead atoms. The summed E-state index contributed by atoms with van der Waals surface area (Å²) in [6, 6.07) is 2.32. The quantitative estimate of drug-likeness (QED) is 0.382. The van der Waals surface area contributed by atoms with E-state index in [1.54, 1.807) is 0 Å². The van der Waals surface area contributed by atoms with Gasteiger partial charge >= 0.3 is 0 Å². The Labute approximate surface area is 199 Å². The minimum Gasteiger partial charge on any atom is -0.414 e. The van der Waals surface area contributed by atoms with Crippen LogP contribution in [0.1, 0.15) is 74.1 Å². The number of hydrogen-bond acceptors (Lipinski definition) is 6. The lowest BCUT2D eigenvalue weighted by atomic mass is 9.82. The molecule has 1 aliphatic heterocycles. The van der Waals surface area contributed by atoms with Gasteiger partial charge in [0.1, 0.15) is 6.07 Å². The van der Waals surface area contributed by atoms with Gasteiger partial charge in [-0.3, -0.25) is 0 Å². The molecule has 1 rings (SSSR count). The van der Waals surface area contributed by atoms with Crippen LogP contribution in [0.2, 0.25) is 36.3 Å². The molecule has 1 fully saturated rings. The average molecular weight is 488 g/mol. The number of nitriles is 1. The van der Waals surface area contributed by atoms with Crippen LogP contribution < -0.4 is 0 Å². The Morgan fingerprint density at radius 1 is 0.938 bits per heavy atom. The highest BCUT2D eigenvalue weighted by atomic mass is 28.4. The monoisotopic (exact) mass is 487 g/mol. The minimum absolute atomic E-state index is 0.00770. The molecule has 1 saturated heterocycles. The van der Waals surface area contributed by atoms with Gasteiger partial charge in [0, 0.05) is 6.61 Å². The van der Waals surface area contributed by atoms with E-state index in [9.17, 15) is 10.4 Å². The molecule has 2 unspecified atom stereocenters. The molecule has 0 aromatic carbocycles. The lowest BCUT2D eigenvalue weighted by molar-refractivity contribution is -0.267. The fourth-order valence-corrected chi connectivity index (χ4v) is 5.13. The predicted molar refractivity (Wildman–Crippen MR) is 135 cm³/mol. The van der Waals surface area contributed by atoms with Crippen LogP contribution in [0.4, 0.5) is 0 Å². The molecule has 0 spiro atoms. The molecule has 188 valence electrons. The van der Waals surface area contributed by atoms with Crippen molar-refractivity contribution < 1.29 is 23.4 Å². The molecule has 1 heterocycles. The molecular weight excluding hydrogens is 438 g/mol. The Bertz CT molecular complexity index is 612. The number of hydrogen-bond donors (Lipinski definition) is 1. The first kappa shape index (κ1) is 29.8. The highest BCUT2D eigenvalue weighted by Gasteiger charge is 2.56. The van der Waals surface area contributed by atoms with Crippen molar-refractivity contribution in [3.63, 3.8) is 0 Å². The molecule has 0 amide bonds. The number of aliphatic hydroxyl groups is 1. The van der Waals surface area contributed by atoms with Gasteiger partial charge in [-0.15, -0.1) is 0 Å². The van der Waals surface area contributed by atoms with Gasteiger partial charge in [-0.1, -0.05) is 48.5 Å². The van der Waals surface area contributed by atoms with E-state index in [0.717, 1.165) is 12.8 Å². The summed E-state index contributed by atoms with van der Waals surface area (Å²) < 4.78 is 25.0. The maximum atomic E-state index is 12.1. The molecule has 0 saturated carbocycles. The Hall–Kier alpha value is -0.276. The summed E-state index contributed by atoms with van der Waals surface area (Å²) in [6.45, 7) is 24.0. The van der Waals surface area contributed by atoms with Gasteiger partial charge in [0.15, 0.2) is 34.1 Å². The molecule has 0 aliphatic carbocycles. The Morgan fingerprint density at radius 2 is 1.41 bits per heavy atom. The lowest BCUT2D eigenvalue weighted by Gasteiger charge is -2.48. The van der Waals surface area contributed by atoms with Crippen molar-refractivity contribution in [3.05, 3.63) is 0 Å². The van der Waals surface area contributed by atoms with Gasteiger partial charge in [0.2, 0.25) is 0 Å². The van der Waals surface area contributed by atoms with Crippen LogP contribution in [0.15, 0.2) is 0 Å². The fraction of sp³-hybridized carbons (Fsp3) is 0.958. The summed E-state index contributed by atoms with van der Waals surface area (Å²) in [5.41, 5.74) is -3.11. The first-order chi connectivity index (χ1) is 14.4. The van der Waals surface area contributed by atoms with Crippen LogP contribution in [-0.2, 0) is 18.3 Å². The van der Waals surface area contributed by atoms with E-state index >= 15 is 0 Å². The largest absolute Gasteiger partial charge is 0.414 e. The predicted octanol–water partition coefficient (Wildman–Crippen LogP) is 5.98. The molecule has 1 aliphatic rings. The normalized spacial score (nSPS) is 21.2. The maximum absolute atomic E-state index is 12.1. The zero-order valence-electron chi connectivity index (χ0n) is 22.6. The number of ether oxygens (including phenoxy) is 2. The van der Waals surface area contributed by atoms with E-state index in [1.807, 2.05) is 6.92 Å². The summed E-state index contributed by atoms with van der Waals surface area (Å²) in [4.78, 5) is 0. The van der Waals surface area contributed by atoms with Crippen LogP contribution >= 0.6 is 0 Å². The molecular formula is C24H49NO5Si2. The van der Waals surface area contributed by atoms with Gasteiger partial charge in [-0.05, 0) is 61.9 Å². The zero-order chi connectivity index (χ0) is 25.1. The number of rotatable bonds is 10. The summed E-state index contributed by atoms with van der Waals surface area (Å²) in [7, 11) is -4.37. The van der Waals surface area contributed by atoms with E-state index in [4.69, 9.17) is 18.3 Å². The first-order valence-electron chi connectivity index (χ1n) is 12.1. The second-order valence-electron chi connectivity index (χ2n) is 12.3. The Morgan fingerprint density at radius 3 is 1.72 bits per heavy atom. The second kappa shape index (κ2) is 10.6. The molecule has 32 heavy (non-hydrogen) atoms. The van der Waals surface area contributed by atoms with Crippen molar-refractivity contribution in [1.82, 2.24) is 0 Å². The van der Waals surface area contributed by atoms with E-state index in [2.05, 4.69) is 73.8 Å². The van der Waals surface area contributed by atoms with E-state index in [0.29, 0.717) is 19.4 Å². The molecule has 1 N–H and O–H groups in total. The average Bonchev–Trinajstić information content (AvgIpc) is 2.68. The van der Waals surface area contributed by atoms with E-state index in [1.165, 1.54) is 0 Å². The topological polar surface area (TPSA) is 80.9 Å². The van der Waals surface area contributed by atoms with Crippen molar-refractivity contribution in [2.45, 2.75) is 128 Å². The lowest BCUT2D eigenvalue weighted by Crippen LogP contribution is -2.64. The van der Waals surface area contributed by atoms with Crippen LogP contribution in [0.3, 0.4) is 0 Å². The molecule has 0 aromatic rings. The van der Waals surface area contributed by atoms with Crippen molar-refractivity contribution in [2.24, 2.45) is 0 Å². The van der Waals surface area contributed by atoms with Gasteiger partial charge in [0.05, 0.1) is 13.2 Å². The highest BCUT2D eigenvalue weighted by molar-refractivity contribution is 6.74. The zero-order valence-corrected chi connectivity index (χ0v) is 24.6. The minimum atomic E-state index is -2.18. The second-order valence-corrected chi connectivity index (χ2v) is 22.0. The number of nitrogens with zero attached hydrogens (tertiary/aromatic N) is 1. The first-order valence-corrected chi connectivity index (χ1v) is 17.9. The summed E-state index contributed by atoms with van der Waals surface area (Å²) >= 11 is 0. The third-order valence-electron chi connectivity index (χ3n) is 7.86. The van der Waals surface area contributed by atoms with Crippen molar-refractivity contribution in [1.29, 1.82) is 5.26 Å². The third kappa shape index (κ3) is 6.88. The Kier molecular flexibility index (Phi) is 9.81. The van der Waals surface area contributed by atoms with Gasteiger partial charge in [-0.2, -0.15) is 5.26 Å². The molecule has 8 heteroatoms. The smallest absolute Gasteiger partial charge is 0.192 e. The molecule has 0 radical (unpaired) electrons. The van der Waals surface area contributed by atoms with Gasteiger partial charge in [-0.25, -0.2) is 0 Å². The van der Waals surface area contributed by atoms with Crippen molar-refractivity contribution in [2.75, 3.05) is 19.8 Å². The maximum Gasteiger partial charge on any atom is 0.192 e. The summed E-state index contributed by atoms with van der Waals surface area (Å²) in [5.74, 6) is 0.